The molecule has 2 amide bonds. The molecule has 1 fully saturated rings. The van der Waals surface area contributed by atoms with Gasteiger partial charge in [-0.25, -0.2) is 0 Å². The molecule has 2 aromatic rings. The smallest absolute Gasteiger partial charge is 0.251 e. The van der Waals surface area contributed by atoms with E-state index in [4.69, 9.17) is 0 Å². The summed E-state index contributed by atoms with van der Waals surface area (Å²) in [5, 5.41) is 5.89. The predicted molar refractivity (Wildman–Crippen MR) is 108 cm³/mol. The van der Waals surface area contributed by atoms with Gasteiger partial charge in [0.15, 0.2) is 0 Å². The highest BCUT2D eigenvalue weighted by atomic mass is 32.2. The molecule has 6 heteroatoms. The Hall–Kier alpha value is -2.47. The van der Waals surface area contributed by atoms with Gasteiger partial charge in [0.05, 0.1) is 6.04 Å². The number of carbonyl (C=O) groups excluding carboxylic acids is 2. The maximum Gasteiger partial charge on any atom is 0.251 e. The lowest BCUT2D eigenvalue weighted by Crippen LogP contribution is -2.26. The number of carbonyl (C=O) groups is 2. The van der Waals surface area contributed by atoms with Gasteiger partial charge in [-0.2, -0.15) is 0 Å². The van der Waals surface area contributed by atoms with Gasteiger partial charge in [-0.3, -0.25) is 13.8 Å². The molecule has 0 aromatic heterocycles. The molecule has 0 aliphatic heterocycles. The molecule has 0 bridgehead atoms. The first-order valence-corrected chi connectivity index (χ1v) is 10.8. The third-order valence-corrected chi connectivity index (χ3v) is 5.27. The van der Waals surface area contributed by atoms with Crippen molar-refractivity contribution in [2.75, 3.05) is 11.6 Å². The minimum atomic E-state index is -0.946. The van der Waals surface area contributed by atoms with Crippen molar-refractivity contribution >= 4 is 28.3 Å². The number of amides is 2. The van der Waals surface area contributed by atoms with E-state index in [-0.39, 0.29) is 23.8 Å². The summed E-state index contributed by atoms with van der Waals surface area (Å²) in [6.07, 6.45) is 3.59. The van der Waals surface area contributed by atoms with E-state index < -0.39 is 10.8 Å². The molecule has 2 N–H and O–H groups in total. The summed E-state index contributed by atoms with van der Waals surface area (Å²) in [7, 11) is -0.946. The van der Waals surface area contributed by atoms with Crippen molar-refractivity contribution in [2.45, 2.75) is 31.6 Å². The van der Waals surface area contributed by atoms with Crippen LogP contribution in [0.1, 0.15) is 47.3 Å². The van der Waals surface area contributed by atoms with Crippen molar-refractivity contribution in [3.05, 3.63) is 65.2 Å². The third-order valence-electron chi connectivity index (χ3n) is 4.53. The fourth-order valence-corrected chi connectivity index (χ4v) is 3.49. The third kappa shape index (κ3) is 5.50. The molecule has 2 unspecified atom stereocenters. The molecule has 5 nitrogen and oxygen atoms in total. The average Bonchev–Trinajstić information content (AvgIpc) is 3.47. The number of hydrogen-bond acceptors (Lipinski definition) is 3. The van der Waals surface area contributed by atoms with Crippen molar-refractivity contribution in [1.29, 1.82) is 0 Å². The summed E-state index contributed by atoms with van der Waals surface area (Å²) in [5.74, 6) is 0.517. The van der Waals surface area contributed by atoms with Crippen molar-refractivity contribution in [2.24, 2.45) is 5.92 Å². The van der Waals surface area contributed by atoms with Crippen LogP contribution in [0, 0.1) is 5.92 Å². The van der Waals surface area contributed by atoms with Crippen LogP contribution in [-0.4, -0.2) is 22.3 Å². The van der Waals surface area contributed by atoms with Gasteiger partial charge in [0.25, 0.3) is 5.91 Å². The summed E-state index contributed by atoms with van der Waals surface area (Å²) >= 11 is 0. The summed E-state index contributed by atoms with van der Waals surface area (Å²) in [4.78, 5) is 24.3. The van der Waals surface area contributed by atoms with Crippen molar-refractivity contribution in [3.63, 3.8) is 0 Å². The molecule has 2 aromatic carbocycles. The molecule has 0 spiro atoms. The standard InChI is InChI=1S/C21H24N2O3S/c1-14(16-8-10-19(11-9-16)23-20(24)17-6-7-17)22-21(25)18-5-3-4-15(12-18)13-27(2)26/h3-5,8-12,14,17H,6-7,13H2,1-2H3,(H,22,25)(H,23,24). The second kappa shape index (κ2) is 8.48. The highest BCUT2D eigenvalue weighted by molar-refractivity contribution is 7.83. The van der Waals surface area contributed by atoms with Gasteiger partial charge in [0, 0.05) is 40.0 Å². The number of rotatable bonds is 7. The normalized spacial score (nSPS) is 15.6. The topological polar surface area (TPSA) is 75.3 Å². The summed E-state index contributed by atoms with van der Waals surface area (Å²) in [5.41, 5.74) is 3.16. The highest BCUT2D eigenvalue weighted by Crippen LogP contribution is 2.30. The number of benzene rings is 2. The zero-order valence-electron chi connectivity index (χ0n) is 15.5. The summed E-state index contributed by atoms with van der Waals surface area (Å²) < 4.78 is 11.4. The van der Waals surface area contributed by atoms with Crippen LogP contribution in [0.3, 0.4) is 0 Å². The molecule has 1 aliphatic carbocycles. The number of nitrogens with one attached hydrogen (secondary N) is 2. The molecular weight excluding hydrogens is 360 g/mol. The van der Waals surface area contributed by atoms with E-state index >= 15 is 0 Å². The summed E-state index contributed by atoms with van der Waals surface area (Å²) in [6, 6.07) is 14.6. The summed E-state index contributed by atoms with van der Waals surface area (Å²) in [6.45, 7) is 1.92. The van der Waals surface area contributed by atoms with Gasteiger partial charge in [0.1, 0.15) is 0 Å². The maximum absolute atomic E-state index is 12.5. The fraction of sp³-hybridized carbons (Fsp3) is 0.333. The minimum absolute atomic E-state index is 0.0805. The van der Waals surface area contributed by atoms with Gasteiger partial charge in [-0.05, 0) is 55.2 Å². The Morgan fingerprint density at radius 2 is 1.85 bits per heavy atom. The average molecular weight is 385 g/mol. The van der Waals surface area contributed by atoms with Crippen molar-refractivity contribution in [3.8, 4) is 0 Å². The van der Waals surface area contributed by atoms with Crippen LogP contribution in [0.5, 0.6) is 0 Å². The molecule has 0 saturated heterocycles. The van der Waals surface area contributed by atoms with Crippen LogP contribution in [0.2, 0.25) is 0 Å². The molecule has 2 atom stereocenters. The Morgan fingerprint density at radius 1 is 1.15 bits per heavy atom. The lowest BCUT2D eigenvalue weighted by atomic mass is 10.1. The Labute approximate surface area is 162 Å². The molecule has 1 aliphatic rings. The first kappa shape index (κ1) is 19.3. The predicted octanol–water partition coefficient (Wildman–Crippen LogP) is 3.40. The van der Waals surface area contributed by atoms with Crippen LogP contribution < -0.4 is 10.6 Å². The quantitative estimate of drug-likeness (QED) is 0.768. The van der Waals surface area contributed by atoms with Crippen LogP contribution in [0.4, 0.5) is 5.69 Å². The lowest BCUT2D eigenvalue weighted by Gasteiger charge is -2.15. The van der Waals surface area contributed by atoms with E-state index in [0.29, 0.717) is 11.3 Å². The molecule has 1 saturated carbocycles. The van der Waals surface area contributed by atoms with E-state index in [1.165, 1.54) is 0 Å². The molecular formula is C21H24N2O3S. The zero-order valence-corrected chi connectivity index (χ0v) is 16.3. The Kier molecular flexibility index (Phi) is 6.06. The van der Waals surface area contributed by atoms with Gasteiger partial charge < -0.3 is 10.6 Å². The maximum atomic E-state index is 12.5. The van der Waals surface area contributed by atoms with Crippen LogP contribution in [-0.2, 0) is 21.3 Å². The Morgan fingerprint density at radius 3 is 2.48 bits per heavy atom. The van der Waals surface area contributed by atoms with Crippen molar-refractivity contribution < 1.29 is 13.8 Å². The monoisotopic (exact) mass is 384 g/mol. The number of hydrogen-bond donors (Lipinski definition) is 2. The second-order valence-electron chi connectivity index (χ2n) is 7.00. The Bertz CT molecular complexity index is 860. The molecule has 142 valence electrons. The lowest BCUT2D eigenvalue weighted by molar-refractivity contribution is -0.117. The first-order valence-electron chi connectivity index (χ1n) is 9.03. The van der Waals surface area contributed by atoms with E-state index in [1.807, 2.05) is 37.3 Å². The Balaban J connectivity index is 1.60. The van der Waals surface area contributed by atoms with E-state index in [0.717, 1.165) is 29.7 Å². The van der Waals surface area contributed by atoms with Gasteiger partial charge >= 0.3 is 0 Å². The molecule has 0 radical (unpaired) electrons. The van der Waals surface area contributed by atoms with E-state index in [1.54, 1.807) is 24.5 Å². The van der Waals surface area contributed by atoms with Crippen LogP contribution >= 0.6 is 0 Å². The molecule has 27 heavy (non-hydrogen) atoms. The van der Waals surface area contributed by atoms with E-state index in [2.05, 4.69) is 10.6 Å². The van der Waals surface area contributed by atoms with Crippen LogP contribution in [0.25, 0.3) is 0 Å². The highest BCUT2D eigenvalue weighted by Gasteiger charge is 2.29. The van der Waals surface area contributed by atoms with Crippen molar-refractivity contribution in [1.82, 2.24) is 5.32 Å². The SMILES string of the molecule is CC(NC(=O)c1cccc(CS(C)=O)c1)c1ccc(NC(=O)C2CC2)cc1. The largest absolute Gasteiger partial charge is 0.346 e. The fourth-order valence-electron chi connectivity index (χ4n) is 2.85. The van der Waals surface area contributed by atoms with Crippen LogP contribution in [0.15, 0.2) is 48.5 Å². The first-order chi connectivity index (χ1) is 12.9. The van der Waals surface area contributed by atoms with E-state index in [9.17, 15) is 13.8 Å². The second-order valence-corrected chi connectivity index (χ2v) is 8.43. The molecule has 3 rings (SSSR count). The minimum Gasteiger partial charge on any atom is -0.346 e. The van der Waals surface area contributed by atoms with Gasteiger partial charge in [-0.15, -0.1) is 0 Å². The number of anilines is 1. The van der Waals surface area contributed by atoms with Gasteiger partial charge in [0.2, 0.25) is 5.91 Å². The zero-order chi connectivity index (χ0) is 19.4. The van der Waals surface area contributed by atoms with Gasteiger partial charge in [-0.1, -0.05) is 24.3 Å². The molecule has 0 heterocycles.